The predicted octanol–water partition coefficient (Wildman–Crippen LogP) is 3.07. The topological polar surface area (TPSA) is 33.2 Å². The van der Waals surface area contributed by atoms with Gasteiger partial charge in [-0.3, -0.25) is 4.79 Å². The van der Waals surface area contributed by atoms with Crippen LogP contribution in [0.2, 0.25) is 0 Å². The summed E-state index contributed by atoms with van der Waals surface area (Å²) < 4.78 is 13.2. The van der Waals surface area contributed by atoms with Gasteiger partial charge < -0.3 is 4.90 Å². The monoisotopic (exact) mass is 284 g/mol. The third kappa shape index (κ3) is 3.10. The molecular weight excluding hydrogens is 267 g/mol. The summed E-state index contributed by atoms with van der Waals surface area (Å²) in [4.78, 5) is 17.9. The Morgan fingerprint density at radius 1 is 1.29 bits per heavy atom. The van der Waals surface area contributed by atoms with E-state index in [-0.39, 0.29) is 11.9 Å². The number of rotatable bonds is 3. The van der Waals surface area contributed by atoms with Gasteiger partial charge in [-0.1, -0.05) is 30.3 Å². The van der Waals surface area contributed by atoms with Gasteiger partial charge in [-0.05, 0) is 30.9 Å². The summed E-state index contributed by atoms with van der Waals surface area (Å²) in [5.41, 5.74) is 1.60. The summed E-state index contributed by atoms with van der Waals surface area (Å²) >= 11 is 0. The van der Waals surface area contributed by atoms with E-state index < -0.39 is 5.95 Å². The van der Waals surface area contributed by atoms with Gasteiger partial charge in [0.2, 0.25) is 5.95 Å². The van der Waals surface area contributed by atoms with Crippen molar-refractivity contribution in [1.82, 2.24) is 9.88 Å². The summed E-state index contributed by atoms with van der Waals surface area (Å²) in [6.07, 6.45) is 4.18. The van der Waals surface area contributed by atoms with Crippen LogP contribution in [-0.2, 0) is 6.42 Å². The zero-order chi connectivity index (χ0) is 14.7. The number of aromatic nitrogens is 1. The molecule has 0 saturated carbocycles. The summed E-state index contributed by atoms with van der Waals surface area (Å²) in [6.45, 7) is 0.736. The van der Waals surface area contributed by atoms with Crippen LogP contribution in [-0.4, -0.2) is 28.4 Å². The van der Waals surface area contributed by atoms with Crippen molar-refractivity contribution in [2.75, 3.05) is 6.54 Å². The molecule has 1 unspecified atom stereocenters. The Kier molecular flexibility index (Phi) is 3.95. The number of likely N-dealkylation sites (tertiary alicyclic amines) is 1. The molecule has 1 aliphatic rings. The van der Waals surface area contributed by atoms with E-state index >= 15 is 0 Å². The van der Waals surface area contributed by atoms with Crippen LogP contribution in [0.3, 0.4) is 0 Å². The number of carbonyl (C=O) groups is 1. The average molecular weight is 284 g/mol. The number of halogens is 1. The molecule has 3 rings (SSSR count). The second-order valence-corrected chi connectivity index (χ2v) is 5.35. The quantitative estimate of drug-likeness (QED) is 0.812. The maximum Gasteiger partial charge on any atom is 0.254 e. The molecule has 1 saturated heterocycles. The first kappa shape index (κ1) is 13.7. The fourth-order valence-corrected chi connectivity index (χ4v) is 2.90. The molecule has 2 aromatic rings. The zero-order valence-corrected chi connectivity index (χ0v) is 11.7. The van der Waals surface area contributed by atoms with E-state index in [1.807, 2.05) is 23.1 Å². The van der Waals surface area contributed by atoms with Gasteiger partial charge in [0.05, 0.1) is 0 Å². The number of hydrogen-bond donors (Lipinski definition) is 0. The van der Waals surface area contributed by atoms with E-state index in [2.05, 4.69) is 17.1 Å². The molecule has 0 aliphatic carbocycles. The predicted molar refractivity (Wildman–Crippen MR) is 78.4 cm³/mol. The first-order valence-corrected chi connectivity index (χ1v) is 7.20. The van der Waals surface area contributed by atoms with Crippen molar-refractivity contribution in [2.45, 2.75) is 25.3 Å². The van der Waals surface area contributed by atoms with Gasteiger partial charge in [0.25, 0.3) is 5.91 Å². The molecule has 1 aliphatic heterocycles. The highest BCUT2D eigenvalue weighted by Crippen LogP contribution is 2.23. The van der Waals surface area contributed by atoms with Crippen LogP contribution in [0.4, 0.5) is 4.39 Å². The van der Waals surface area contributed by atoms with Crippen molar-refractivity contribution in [1.29, 1.82) is 0 Å². The fraction of sp³-hybridized carbons (Fsp3) is 0.294. The summed E-state index contributed by atoms with van der Waals surface area (Å²) in [5.74, 6) is -0.714. The molecule has 21 heavy (non-hydrogen) atoms. The Labute approximate surface area is 123 Å². The molecule has 1 fully saturated rings. The van der Waals surface area contributed by atoms with Crippen LogP contribution in [0.25, 0.3) is 0 Å². The fourth-order valence-electron chi connectivity index (χ4n) is 2.90. The van der Waals surface area contributed by atoms with Crippen molar-refractivity contribution >= 4 is 5.91 Å². The number of pyridine rings is 1. The highest BCUT2D eigenvalue weighted by Gasteiger charge is 2.29. The number of benzene rings is 1. The molecule has 1 aromatic heterocycles. The third-order valence-electron chi connectivity index (χ3n) is 3.93. The Hall–Kier alpha value is -2.23. The molecule has 0 radical (unpaired) electrons. The van der Waals surface area contributed by atoms with Gasteiger partial charge in [0.1, 0.15) is 0 Å². The summed E-state index contributed by atoms with van der Waals surface area (Å²) in [7, 11) is 0. The molecule has 1 amide bonds. The summed E-state index contributed by atoms with van der Waals surface area (Å²) in [6, 6.07) is 13.1. The lowest BCUT2D eigenvalue weighted by molar-refractivity contribution is 0.0735. The first-order chi connectivity index (χ1) is 10.2. The molecule has 4 heteroatoms. The highest BCUT2D eigenvalue weighted by atomic mass is 19.1. The highest BCUT2D eigenvalue weighted by molar-refractivity contribution is 5.94. The normalized spacial score (nSPS) is 18.0. The standard InChI is InChI=1S/C17H17FN2O/c18-16-12-14(8-9-19-16)17(21)20-10-4-7-15(20)11-13-5-2-1-3-6-13/h1-3,5-6,8-9,12,15H,4,7,10-11H2. The van der Waals surface area contributed by atoms with Crippen LogP contribution in [0.15, 0.2) is 48.7 Å². The smallest absolute Gasteiger partial charge is 0.254 e. The van der Waals surface area contributed by atoms with E-state index in [9.17, 15) is 9.18 Å². The second-order valence-electron chi connectivity index (χ2n) is 5.35. The van der Waals surface area contributed by atoms with Gasteiger partial charge in [-0.15, -0.1) is 0 Å². The van der Waals surface area contributed by atoms with E-state index in [1.54, 1.807) is 6.07 Å². The molecule has 3 nitrogen and oxygen atoms in total. The maximum absolute atomic E-state index is 13.2. The zero-order valence-electron chi connectivity index (χ0n) is 11.7. The van der Waals surface area contributed by atoms with Crippen LogP contribution < -0.4 is 0 Å². The molecule has 1 atom stereocenters. The van der Waals surface area contributed by atoms with Crippen LogP contribution in [0, 0.1) is 5.95 Å². The summed E-state index contributed by atoms with van der Waals surface area (Å²) in [5, 5.41) is 0. The van der Waals surface area contributed by atoms with Gasteiger partial charge in [0, 0.05) is 30.4 Å². The minimum Gasteiger partial charge on any atom is -0.335 e. The SMILES string of the molecule is O=C(c1ccnc(F)c1)N1CCCC1Cc1ccccc1. The largest absolute Gasteiger partial charge is 0.335 e. The minimum absolute atomic E-state index is 0.102. The number of amides is 1. The minimum atomic E-state index is -0.611. The van der Waals surface area contributed by atoms with Crippen LogP contribution in [0.5, 0.6) is 0 Å². The molecule has 1 aromatic carbocycles. The van der Waals surface area contributed by atoms with Gasteiger partial charge in [0.15, 0.2) is 0 Å². The van der Waals surface area contributed by atoms with Gasteiger partial charge in [-0.2, -0.15) is 4.39 Å². The Morgan fingerprint density at radius 2 is 2.10 bits per heavy atom. The van der Waals surface area contributed by atoms with Crippen LogP contribution >= 0.6 is 0 Å². The second kappa shape index (κ2) is 6.04. The van der Waals surface area contributed by atoms with Crippen molar-refractivity contribution in [2.24, 2.45) is 0 Å². The Morgan fingerprint density at radius 3 is 2.86 bits per heavy atom. The Bertz CT molecular complexity index is 630. The number of carbonyl (C=O) groups excluding carboxylic acids is 1. The molecule has 0 N–H and O–H groups in total. The lowest BCUT2D eigenvalue weighted by atomic mass is 10.0. The van der Waals surface area contributed by atoms with Crippen molar-refractivity contribution in [3.8, 4) is 0 Å². The lowest BCUT2D eigenvalue weighted by Gasteiger charge is -2.25. The van der Waals surface area contributed by atoms with E-state index in [1.165, 1.54) is 17.8 Å². The number of hydrogen-bond acceptors (Lipinski definition) is 2. The van der Waals surface area contributed by atoms with Crippen molar-refractivity contribution < 1.29 is 9.18 Å². The van der Waals surface area contributed by atoms with Gasteiger partial charge in [-0.25, -0.2) is 4.98 Å². The molecule has 108 valence electrons. The van der Waals surface area contributed by atoms with E-state index in [0.29, 0.717) is 5.56 Å². The van der Waals surface area contributed by atoms with E-state index in [0.717, 1.165) is 25.8 Å². The first-order valence-electron chi connectivity index (χ1n) is 7.20. The molecular formula is C17H17FN2O. The van der Waals surface area contributed by atoms with Gasteiger partial charge >= 0.3 is 0 Å². The Balaban J connectivity index is 1.76. The van der Waals surface area contributed by atoms with E-state index in [4.69, 9.17) is 0 Å². The van der Waals surface area contributed by atoms with Crippen molar-refractivity contribution in [3.05, 3.63) is 65.7 Å². The molecule has 0 spiro atoms. The molecule has 2 heterocycles. The molecule has 0 bridgehead atoms. The van der Waals surface area contributed by atoms with Crippen LogP contribution in [0.1, 0.15) is 28.8 Å². The van der Waals surface area contributed by atoms with Crippen molar-refractivity contribution in [3.63, 3.8) is 0 Å². The number of nitrogens with zero attached hydrogens (tertiary/aromatic N) is 2. The third-order valence-corrected chi connectivity index (χ3v) is 3.93. The average Bonchev–Trinajstić information content (AvgIpc) is 2.95. The lowest BCUT2D eigenvalue weighted by Crippen LogP contribution is -2.36. The maximum atomic E-state index is 13.2.